The molecule has 1 spiro atoms. The number of imidazole rings is 1. The molecule has 2 aliphatic heterocycles. The van der Waals surface area contributed by atoms with Crippen molar-refractivity contribution in [1.82, 2.24) is 40.0 Å². The second-order valence-corrected chi connectivity index (χ2v) is 7.11. The van der Waals surface area contributed by atoms with Crippen LogP contribution in [0.25, 0.3) is 0 Å². The van der Waals surface area contributed by atoms with Gasteiger partial charge in [0.2, 0.25) is 11.8 Å². The summed E-state index contributed by atoms with van der Waals surface area (Å²) in [5.74, 6) is 0.244. The Kier molecular flexibility index (Phi) is 4.63. The Labute approximate surface area is 156 Å². The molecular formula is C17H24N8O2. The summed E-state index contributed by atoms with van der Waals surface area (Å²) in [6.45, 7) is 4.31. The number of hydrogen-bond donors (Lipinski definition) is 1. The fraction of sp³-hybridized carbons (Fsp3) is 0.647. The third-order valence-electron chi connectivity index (χ3n) is 5.75. The number of aryl methyl sites for hydroxylation is 1. The highest BCUT2D eigenvalue weighted by atomic mass is 16.2. The van der Waals surface area contributed by atoms with Crippen molar-refractivity contribution >= 4 is 11.8 Å². The minimum absolute atomic E-state index is 0.0896. The average molecular weight is 372 g/mol. The normalized spacial score (nSPS) is 18.6. The maximum atomic E-state index is 12.6. The van der Waals surface area contributed by atoms with Crippen molar-refractivity contribution in [3.8, 4) is 0 Å². The highest BCUT2D eigenvalue weighted by molar-refractivity contribution is 5.78. The van der Waals surface area contributed by atoms with Gasteiger partial charge in [-0.2, -0.15) is 0 Å². The number of nitrogens with one attached hydrogen (secondary N) is 1. The highest BCUT2D eigenvalue weighted by Gasteiger charge is 2.48. The minimum Gasteiger partial charge on any atom is -0.348 e. The molecule has 1 fully saturated rings. The summed E-state index contributed by atoms with van der Waals surface area (Å²) in [5, 5.41) is 10.9. The highest BCUT2D eigenvalue weighted by Crippen LogP contribution is 2.42. The molecule has 0 unspecified atom stereocenters. The van der Waals surface area contributed by atoms with E-state index >= 15 is 0 Å². The third-order valence-corrected chi connectivity index (χ3v) is 5.75. The van der Waals surface area contributed by atoms with Crippen molar-refractivity contribution in [1.29, 1.82) is 0 Å². The molecule has 1 saturated heterocycles. The zero-order valence-electron chi connectivity index (χ0n) is 15.5. The molecular weight excluding hydrogens is 348 g/mol. The molecule has 4 rings (SSSR count). The number of amides is 2. The maximum absolute atomic E-state index is 12.6. The van der Waals surface area contributed by atoms with Gasteiger partial charge in [0.25, 0.3) is 0 Å². The molecule has 0 atom stereocenters. The lowest BCUT2D eigenvalue weighted by molar-refractivity contribution is -0.144. The van der Waals surface area contributed by atoms with E-state index in [1.807, 2.05) is 16.7 Å². The summed E-state index contributed by atoms with van der Waals surface area (Å²) >= 11 is 0. The first-order chi connectivity index (χ1) is 13.1. The van der Waals surface area contributed by atoms with Gasteiger partial charge in [-0.15, -0.1) is 5.10 Å². The van der Waals surface area contributed by atoms with Crippen molar-refractivity contribution < 1.29 is 9.59 Å². The number of nitrogens with zero attached hydrogens (tertiary/aromatic N) is 7. The smallest absolute Gasteiger partial charge is 0.224 e. The predicted octanol–water partition coefficient (Wildman–Crippen LogP) is 0.0989. The topological polar surface area (TPSA) is 113 Å². The molecule has 27 heavy (non-hydrogen) atoms. The molecule has 10 nitrogen and oxygen atoms in total. The van der Waals surface area contributed by atoms with Crippen molar-refractivity contribution in [2.45, 2.75) is 51.1 Å². The van der Waals surface area contributed by atoms with Gasteiger partial charge in [0.05, 0.1) is 24.1 Å². The summed E-state index contributed by atoms with van der Waals surface area (Å²) in [6.07, 6.45) is 6.31. The molecule has 0 aromatic carbocycles. The Morgan fingerprint density at radius 1 is 1.22 bits per heavy atom. The molecule has 4 heterocycles. The third kappa shape index (κ3) is 3.08. The summed E-state index contributed by atoms with van der Waals surface area (Å²) in [7, 11) is 0. The van der Waals surface area contributed by atoms with Gasteiger partial charge in [0.15, 0.2) is 0 Å². The first-order valence-electron chi connectivity index (χ1n) is 9.46. The van der Waals surface area contributed by atoms with Gasteiger partial charge in [0, 0.05) is 44.6 Å². The lowest BCUT2D eigenvalue weighted by Crippen LogP contribution is -2.58. The maximum Gasteiger partial charge on any atom is 0.224 e. The summed E-state index contributed by atoms with van der Waals surface area (Å²) < 4.78 is 1.56. The number of carbonyl (C=O) groups excluding carboxylic acids is 2. The number of carbonyl (C=O) groups is 2. The molecule has 2 aromatic rings. The fourth-order valence-electron chi connectivity index (χ4n) is 4.32. The molecule has 2 amide bonds. The molecule has 1 N–H and O–H groups in total. The van der Waals surface area contributed by atoms with E-state index in [1.165, 1.54) is 6.33 Å². The van der Waals surface area contributed by atoms with Gasteiger partial charge in [-0.05, 0) is 23.3 Å². The molecule has 0 aliphatic carbocycles. The zero-order chi connectivity index (χ0) is 18.9. The Bertz CT molecular complexity index is 807. The Balaban J connectivity index is 1.47. The van der Waals surface area contributed by atoms with E-state index in [4.69, 9.17) is 0 Å². The molecule has 0 bridgehead atoms. The van der Waals surface area contributed by atoms with Crippen molar-refractivity contribution in [2.24, 2.45) is 0 Å². The Hall–Kier alpha value is -2.78. The SMILES string of the molecule is CCC(=O)N1CCc2[nH]cnc2C12CCN(C(=O)CCn1cnnn1)CC2. The predicted molar refractivity (Wildman–Crippen MR) is 94.2 cm³/mol. The van der Waals surface area contributed by atoms with Gasteiger partial charge in [-0.1, -0.05) is 6.92 Å². The monoisotopic (exact) mass is 372 g/mol. The summed E-state index contributed by atoms with van der Waals surface area (Å²) in [6, 6.07) is 0. The number of piperidine rings is 1. The Morgan fingerprint density at radius 2 is 2.04 bits per heavy atom. The molecule has 2 aromatic heterocycles. The van der Waals surface area contributed by atoms with Gasteiger partial charge >= 0.3 is 0 Å². The van der Waals surface area contributed by atoms with E-state index in [9.17, 15) is 9.59 Å². The zero-order valence-corrected chi connectivity index (χ0v) is 15.5. The first-order valence-corrected chi connectivity index (χ1v) is 9.46. The van der Waals surface area contributed by atoms with Crippen LogP contribution in [0.1, 0.15) is 44.0 Å². The molecule has 0 saturated carbocycles. The summed E-state index contributed by atoms with van der Waals surface area (Å²) in [5.41, 5.74) is 1.71. The molecule has 144 valence electrons. The number of aromatic nitrogens is 6. The number of likely N-dealkylation sites (tertiary alicyclic amines) is 1. The quantitative estimate of drug-likeness (QED) is 0.814. The van der Waals surface area contributed by atoms with Gasteiger partial charge in [-0.25, -0.2) is 9.67 Å². The van der Waals surface area contributed by atoms with Gasteiger partial charge in [-0.3, -0.25) is 9.59 Å². The van der Waals surface area contributed by atoms with E-state index < -0.39 is 5.54 Å². The Morgan fingerprint density at radius 3 is 2.74 bits per heavy atom. The van der Waals surface area contributed by atoms with E-state index in [-0.39, 0.29) is 11.8 Å². The van der Waals surface area contributed by atoms with E-state index in [0.717, 1.165) is 17.8 Å². The van der Waals surface area contributed by atoms with Crippen LogP contribution >= 0.6 is 0 Å². The largest absolute Gasteiger partial charge is 0.348 e. The minimum atomic E-state index is -0.396. The van der Waals surface area contributed by atoms with Crippen molar-refractivity contribution in [3.05, 3.63) is 24.0 Å². The van der Waals surface area contributed by atoms with Gasteiger partial charge in [0.1, 0.15) is 6.33 Å². The number of H-pyrrole nitrogens is 1. The standard InChI is InChI=1S/C17H24N8O2/c1-2-14(26)25-8-3-13-16(19-11-18-13)17(25)5-9-23(10-6-17)15(27)4-7-24-12-20-21-22-24/h11-12H,2-10H2,1H3,(H,18,19). The van der Waals surface area contributed by atoms with Crippen LogP contribution in [0.2, 0.25) is 0 Å². The number of fused-ring (bicyclic) bond motifs is 2. The van der Waals surface area contributed by atoms with E-state index in [0.29, 0.717) is 51.9 Å². The number of hydrogen-bond acceptors (Lipinski definition) is 6. The number of tetrazole rings is 1. The lowest BCUT2D eigenvalue weighted by atomic mass is 9.78. The molecule has 0 radical (unpaired) electrons. The van der Waals surface area contributed by atoms with Crippen LogP contribution in [0, 0.1) is 0 Å². The van der Waals surface area contributed by atoms with Crippen molar-refractivity contribution in [2.75, 3.05) is 19.6 Å². The van der Waals surface area contributed by atoms with Crippen LogP contribution in [0.15, 0.2) is 12.7 Å². The van der Waals surface area contributed by atoms with Gasteiger partial charge < -0.3 is 14.8 Å². The fourth-order valence-corrected chi connectivity index (χ4v) is 4.32. The van der Waals surface area contributed by atoms with Crippen LogP contribution in [0.5, 0.6) is 0 Å². The van der Waals surface area contributed by atoms with Crippen LogP contribution < -0.4 is 0 Å². The second-order valence-electron chi connectivity index (χ2n) is 7.11. The average Bonchev–Trinajstić information content (AvgIpc) is 3.38. The van der Waals surface area contributed by atoms with Crippen LogP contribution in [-0.4, -0.2) is 71.4 Å². The second kappa shape index (κ2) is 7.09. The number of aromatic amines is 1. The molecule has 2 aliphatic rings. The number of rotatable bonds is 4. The van der Waals surface area contributed by atoms with Crippen LogP contribution in [0.4, 0.5) is 0 Å². The van der Waals surface area contributed by atoms with E-state index in [2.05, 4.69) is 25.5 Å². The van der Waals surface area contributed by atoms with Crippen LogP contribution in [-0.2, 0) is 28.1 Å². The summed E-state index contributed by atoms with van der Waals surface area (Å²) in [4.78, 5) is 36.8. The first kappa shape index (κ1) is 17.6. The molecule has 10 heteroatoms. The lowest BCUT2D eigenvalue weighted by Gasteiger charge is -2.50. The van der Waals surface area contributed by atoms with Crippen molar-refractivity contribution in [3.63, 3.8) is 0 Å². The van der Waals surface area contributed by atoms with E-state index in [1.54, 1.807) is 11.0 Å². The van der Waals surface area contributed by atoms with Crippen LogP contribution in [0.3, 0.4) is 0 Å².